The van der Waals surface area contributed by atoms with E-state index in [0.29, 0.717) is 34.4 Å². The van der Waals surface area contributed by atoms with Gasteiger partial charge < -0.3 is 10.2 Å². The van der Waals surface area contributed by atoms with Gasteiger partial charge in [-0.15, -0.1) is 0 Å². The first-order chi connectivity index (χ1) is 14.0. The molecular weight excluding hydrogens is 407 g/mol. The van der Waals surface area contributed by atoms with E-state index < -0.39 is 0 Å². The van der Waals surface area contributed by atoms with E-state index in [1.54, 1.807) is 23.1 Å². The maximum absolute atomic E-state index is 13.2. The van der Waals surface area contributed by atoms with Crippen LogP contribution in [0.5, 0.6) is 0 Å². The Morgan fingerprint density at radius 1 is 1.00 bits per heavy atom. The van der Waals surface area contributed by atoms with Gasteiger partial charge in [-0.05, 0) is 47.9 Å². The highest BCUT2D eigenvalue weighted by molar-refractivity contribution is 6.36. The average molecular weight is 427 g/mol. The van der Waals surface area contributed by atoms with Crippen molar-refractivity contribution in [2.75, 3.05) is 18.4 Å². The summed E-state index contributed by atoms with van der Waals surface area (Å²) in [4.78, 5) is 27.7. The van der Waals surface area contributed by atoms with Gasteiger partial charge in [-0.1, -0.05) is 59.6 Å². The van der Waals surface area contributed by atoms with Crippen molar-refractivity contribution in [3.05, 3.63) is 76.3 Å². The summed E-state index contributed by atoms with van der Waals surface area (Å²) >= 11 is 12.1. The number of carbonyl (C=O) groups is 2. The molecule has 1 atom stereocenters. The maximum atomic E-state index is 13.2. The minimum Gasteiger partial charge on any atom is -0.338 e. The van der Waals surface area contributed by atoms with E-state index in [1.807, 2.05) is 42.5 Å². The van der Waals surface area contributed by atoms with Gasteiger partial charge in [-0.25, -0.2) is 0 Å². The Kier molecular flexibility index (Phi) is 5.74. The van der Waals surface area contributed by atoms with Gasteiger partial charge in [0.15, 0.2) is 0 Å². The van der Waals surface area contributed by atoms with Crippen molar-refractivity contribution in [2.24, 2.45) is 5.92 Å². The van der Waals surface area contributed by atoms with Crippen molar-refractivity contribution in [3.8, 4) is 0 Å². The lowest BCUT2D eigenvalue weighted by molar-refractivity contribution is -0.121. The molecule has 1 unspecified atom stereocenters. The molecule has 4 rings (SSSR count). The third kappa shape index (κ3) is 4.24. The van der Waals surface area contributed by atoms with Crippen LogP contribution in [0.4, 0.5) is 5.69 Å². The van der Waals surface area contributed by atoms with Crippen LogP contribution in [0, 0.1) is 5.92 Å². The first-order valence-electron chi connectivity index (χ1n) is 9.56. The first kappa shape index (κ1) is 19.7. The molecule has 1 heterocycles. The van der Waals surface area contributed by atoms with Crippen LogP contribution >= 0.6 is 23.2 Å². The Balaban J connectivity index is 1.50. The van der Waals surface area contributed by atoms with Crippen molar-refractivity contribution in [1.29, 1.82) is 0 Å². The van der Waals surface area contributed by atoms with Crippen molar-refractivity contribution in [1.82, 2.24) is 4.90 Å². The fraction of sp³-hybridized carbons (Fsp3) is 0.217. The highest BCUT2D eigenvalue weighted by Gasteiger charge is 2.29. The molecule has 29 heavy (non-hydrogen) atoms. The highest BCUT2D eigenvalue weighted by atomic mass is 35.5. The summed E-state index contributed by atoms with van der Waals surface area (Å²) in [5.74, 6) is -0.456. The minimum absolute atomic E-state index is 0.0381. The van der Waals surface area contributed by atoms with E-state index in [1.165, 1.54) is 0 Å². The van der Waals surface area contributed by atoms with Crippen LogP contribution in [0.25, 0.3) is 10.8 Å². The third-order valence-corrected chi connectivity index (χ3v) is 5.84. The number of nitrogens with zero attached hydrogens (tertiary/aromatic N) is 1. The monoisotopic (exact) mass is 426 g/mol. The zero-order valence-corrected chi connectivity index (χ0v) is 17.2. The predicted octanol–water partition coefficient (Wildman–Crippen LogP) is 5.64. The first-order valence-corrected chi connectivity index (χ1v) is 10.3. The lowest BCUT2D eigenvalue weighted by atomic mass is 9.95. The molecule has 1 saturated heterocycles. The van der Waals surface area contributed by atoms with Crippen LogP contribution in [-0.4, -0.2) is 29.8 Å². The van der Waals surface area contributed by atoms with Crippen molar-refractivity contribution < 1.29 is 9.59 Å². The highest BCUT2D eigenvalue weighted by Crippen LogP contribution is 2.28. The van der Waals surface area contributed by atoms with Gasteiger partial charge in [0.1, 0.15) is 0 Å². The number of likely N-dealkylation sites (tertiary alicyclic amines) is 1. The van der Waals surface area contributed by atoms with E-state index in [0.717, 1.165) is 23.6 Å². The second kappa shape index (κ2) is 8.44. The van der Waals surface area contributed by atoms with Crippen LogP contribution < -0.4 is 5.32 Å². The molecule has 6 heteroatoms. The quantitative estimate of drug-likeness (QED) is 0.588. The molecule has 0 aromatic heterocycles. The molecule has 1 aliphatic heterocycles. The lowest BCUT2D eigenvalue weighted by Gasteiger charge is -2.32. The standard InChI is InChI=1S/C23H20Cl2N2O2/c24-17-10-11-21(20(25)13-17)26-22(28)16-7-4-12-27(14-16)23(29)19-9-3-6-15-5-1-2-8-18(15)19/h1-3,5-6,8-11,13,16H,4,7,12,14H2,(H,26,28). The van der Waals surface area contributed by atoms with E-state index in [2.05, 4.69) is 5.32 Å². The molecular formula is C23H20Cl2N2O2. The number of piperidine rings is 1. The Labute approximate surface area is 179 Å². The zero-order chi connectivity index (χ0) is 20.4. The fourth-order valence-electron chi connectivity index (χ4n) is 3.78. The second-order valence-electron chi connectivity index (χ2n) is 7.23. The Morgan fingerprint density at radius 3 is 2.62 bits per heavy atom. The van der Waals surface area contributed by atoms with Gasteiger partial charge in [0, 0.05) is 23.7 Å². The van der Waals surface area contributed by atoms with Gasteiger partial charge >= 0.3 is 0 Å². The SMILES string of the molecule is O=C(Nc1ccc(Cl)cc1Cl)C1CCCN(C(=O)c2cccc3ccccc23)C1. The molecule has 1 N–H and O–H groups in total. The van der Waals surface area contributed by atoms with E-state index in [4.69, 9.17) is 23.2 Å². The van der Waals surface area contributed by atoms with Crippen molar-refractivity contribution >= 4 is 51.5 Å². The van der Waals surface area contributed by atoms with E-state index >= 15 is 0 Å². The van der Waals surface area contributed by atoms with Crippen LogP contribution in [0.3, 0.4) is 0 Å². The number of hydrogen-bond donors (Lipinski definition) is 1. The van der Waals surface area contributed by atoms with Gasteiger partial charge in [-0.2, -0.15) is 0 Å². The average Bonchev–Trinajstić information content (AvgIpc) is 2.75. The van der Waals surface area contributed by atoms with Crippen molar-refractivity contribution in [3.63, 3.8) is 0 Å². The molecule has 3 aromatic carbocycles. The second-order valence-corrected chi connectivity index (χ2v) is 8.07. The number of amides is 2. The van der Waals surface area contributed by atoms with Gasteiger partial charge in [0.2, 0.25) is 5.91 Å². The van der Waals surface area contributed by atoms with E-state index in [-0.39, 0.29) is 17.7 Å². The van der Waals surface area contributed by atoms with Crippen molar-refractivity contribution in [2.45, 2.75) is 12.8 Å². The van der Waals surface area contributed by atoms with Gasteiger partial charge in [0.05, 0.1) is 16.6 Å². The summed E-state index contributed by atoms with van der Waals surface area (Å²) in [5.41, 5.74) is 1.20. The largest absolute Gasteiger partial charge is 0.338 e. The smallest absolute Gasteiger partial charge is 0.254 e. The number of fused-ring (bicyclic) bond motifs is 1. The number of halogens is 2. The number of anilines is 1. The van der Waals surface area contributed by atoms with E-state index in [9.17, 15) is 9.59 Å². The van der Waals surface area contributed by atoms with Gasteiger partial charge in [-0.3, -0.25) is 9.59 Å². The van der Waals surface area contributed by atoms with Crippen LogP contribution in [-0.2, 0) is 4.79 Å². The summed E-state index contributed by atoms with van der Waals surface area (Å²) in [6, 6.07) is 18.5. The molecule has 3 aromatic rings. The van der Waals surface area contributed by atoms with Crippen LogP contribution in [0.2, 0.25) is 10.0 Å². The number of rotatable bonds is 3. The molecule has 2 amide bonds. The zero-order valence-electron chi connectivity index (χ0n) is 15.7. The molecule has 1 fully saturated rings. The minimum atomic E-state index is -0.283. The number of nitrogens with one attached hydrogen (secondary N) is 1. The third-order valence-electron chi connectivity index (χ3n) is 5.29. The Morgan fingerprint density at radius 2 is 1.79 bits per heavy atom. The normalized spacial score (nSPS) is 16.6. The summed E-state index contributed by atoms with van der Waals surface area (Å²) < 4.78 is 0. The number of carbonyl (C=O) groups excluding carboxylic acids is 2. The Hall–Kier alpha value is -2.56. The Bertz CT molecular complexity index is 1080. The summed E-state index contributed by atoms with van der Waals surface area (Å²) in [7, 11) is 0. The number of benzene rings is 3. The molecule has 0 aliphatic carbocycles. The molecule has 0 radical (unpaired) electrons. The molecule has 4 nitrogen and oxygen atoms in total. The molecule has 1 aliphatic rings. The maximum Gasteiger partial charge on any atom is 0.254 e. The predicted molar refractivity (Wildman–Crippen MR) is 118 cm³/mol. The fourth-order valence-corrected chi connectivity index (χ4v) is 4.24. The molecule has 148 valence electrons. The summed E-state index contributed by atoms with van der Waals surface area (Å²) in [5, 5.41) is 5.73. The van der Waals surface area contributed by atoms with Crippen LogP contribution in [0.15, 0.2) is 60.7 Å². The van der Waals surface area contributed by atoms with Crippen LogP contribution in [0.1, 0.15) is 23.2 Å². The lowest BCUT2D eigenvalue weighted by Crippen LogP contribution is -2.43. The molecule has 0 saturated carbocycles. The van der Waals surface area contributed by atoms with Gasteiger partial charge in [0.25, 0.3) is 5.91 Å². The summed E-state index contributed by atoms with van der Waals surface area (Å²) in [6.07, 6.45) is 1.51. The summed E-state index contributed by atoms with van der Waals surface area (Å²) in [6.45, 7) is 1.03. The molecule has 0 spiro atoms. The number of hydrogen-bond acceptors (Lipinski definition) is 2. The topological polar surface area (TPSA) is 49.4 Å². The molecule has 0 bridgehead atoms.